The minimum Gasteiger partial charge on any atom is -0.322 e. The molecule has 0 saturated heterocycles. The number of carbonyl (C=O) groups is 2. The molecule has 0 unspecified atom stereocenters. The number of rotatable bonds is 5. The number of benzene rings is 1. The minimum absolute atomic E-state index is 0.217. The van der Waals surface area contributed by atoms with Gasteiger partial charge in [0.05, 0.1) is 16.6 Å². The first-order valence-corrected chi connectivity index (χ1v) is 9.71. The van der Waals surface area contributed by atoms with Crippen LogP contribution in [-0.4, -0.2) is 37.4 Å². The number of carbonyl (C=O) groups excluding carboxylic acids is 2. The Hall–Kier alpha value is -2.55. The number of aromatic amines is 1. The summed E-state index contributed by atoms with van der Waals surface area (Å²) in [5.74, 6) is -0.458. The predicted molar refractivity (Wildman–Crippen MR) is 105 cm³/mol. The highest BCUT2D eigenvalue weighted by molar-refractivity contribution is 8.00. The lowest BCUT2D eigenvalue weighted by Gasteiger charge is -2.43. The minimum atomic E-state index is -1.03. The van der Waals surface area contributed by atoms with E-state index < -0.39 is 10.8 Å². The SMILES string of the molecule is CCCn1c(S[C@H](C)C(=O)N2c3ccccc3NC(=O)C2(C)C)n[nH]c1=O. The number of H-pyrrole nitrogens is 1. The molecule has 1 atom stereocenters. The zero-order valence-electron chi connectivity index (χ0n) is 15.8. The molecule has 1 aromatic carbocycles. The molecule has 0 saturated carbocycles. The van der Waals surface area contributed by atoms with Gasteiger partial charge in [-0.1, -0.05) is 30.8 Å². The van der Waals surface area contributed by atoms with Crippen molar-refractivity contribution in [1.29, 1.82) is 0 Å². The number of amides is 2. The largest absolute Gasteiger partial charge is 0.343 e. The monoisotopic (exact) mass is 389 g/mol. The number of nitrogens with one attached hydrogen (secondary N) is 2. The van der Waals surface area contributed by atoms with Crippen molar-refractivity contribution in [1.82, 2.24) is 14.8 Å². The first-order valence-electron chi connectivity index (χ1n) is 8.83. The Balaban J connectivity index is 1.92. The molecule has 27 heavy (non-hydrogen) atoms. The summed E-state index contributed by atoms with van der Waals surface area (Å²) in [5, 5.41) is 9.25. The molecule has 1 aliphatic rings. The molecule has 0 bridgehead atoms. The molecule has 3 rings (SSSR count). The molecule has 2 amide bonds. The highest BCUT2D eigenvalue weighted by atomic mass is 32.2. The second kappa shape index (κ2) is 7.22. The normalized spacial score (nSPS) is 16.6. The number of hydrogen-bond acceptors (Lipinski definition) is 5. The van der Waals surface area contributed by atoms with Gasteiger partial charge in [-0.05, 0) is 39.3 Å². The Morgan fingerprint density at radius 3 is 2.70 bits per heavy atom. The molecule has 2 aromatic rings. The number of nitrogens with zero attached hydrogens (tertiary/aromatic N) is 3. The fourth-order valence-corrected chi connectivity index (χ4v) is 3.97. The summed E-state index contributed by atoms with van der Waals surface area (Å²) in [6.45, 7) is 7.69. The molecule has 8 nitrogen and oxygen atoms in total. The highest BCUT2D eigenvalue weighted by Gasteiger charge is 2.44. The first kappa shape index (κ1) is 19.2. The average Bonchev–Trinajstić information content (AvgIpc) is 2.96. The number of aromatic nitrogens is 3. The van der Waals surface area contributed by atoms with E-state index in [-0.39, 0.29) is 17.5 Å². The van der Waals surface area contributed by atoms with Crippen LogP contribution in [0.15, 0.2) is 34.2 Å². The van der Waals surface area contributed by atoms with Crippen molar-refractivity contribution in [2.75, 3.05) is 10.2 Å². The van der Waals surface area contributed by atoms with Crippen molar-refractivity contribution >= 4 is 35.0 Å². The van der Waals surface area contributed by atoms with E-state index in [2.05, 4.69) is 15.5 Å². The highest BCUT2D eigenvalue weighted by Crippen LogP contribution is 2.38. The smallest absolute Gasteiger partial charge is 0.322 e. The van der Waals surface area contributed by atoms with Crippen molar-refractivity contribution in [2.24, 2.45) is 0 Å². The third kappa shape index (κ3) is 3.39. The van der Waals surface area contributed by atoms with E-state index in [1.54, 1.807) is 26.8 Å². The fraction of sp³-hybridized carbons (Fsp3) is 0.444. The van der Waals surface area contributed by atoms with Gasteiger partial charge in [-0.2, -0.15) is 0 Å². The van der Waals surface area contributed by atoms with Gasteiger partial charge in [0.1, 0.15) is 5.54 Å². The van der Waals surface area contributed by atoms with E-state index in [0.717, 1.165) is 6.42 Å². The van der Waals surface area contributed by atoms with Crippen LogP contribution in [0.1, 0.15) is 34.1 Å². The number of hydrogen-bond donors (Lipinski definition) is 2. The van der Waals surface area contributed by atoms with Gasteiger partial charge < -0.3 is 5.32 Å². The number of fused-ring (bicyclic) bond motifs is 1. The third-order valence-corrected chi connectivity index (χ3v) is 5.61. The topological polar surface area (TPSA) is 100 Å². The van der Waals surface area contributed by atoms with Gasteiger partial charge in [0.15, 0.2) is 5.16 Å². The van der Waals surface area contributed by atoms with Gasteiger partial charge >= 0.3 is 5.69 Å². The van der Waals surface area contributed by atoms with Gasteiger partial charge in [-0.3, -0.25) is 19.1 Å². The van der Waals surface area contributed by atoms with Gasteiger partial charge in [0, 0.05) is 6.54 Å². The Bertz CT molecular complexity index is 933. The van der Waals surface area contributed by atoms with Crippen LogP contribution in [0.3, 0.4) is 0 Å². The molecule has 1 aromatic heterocycles. The molecular formula is C18H23N5O3S. The summed E-state index contributed by atoms with van der Waals surface area (Å²) in [5.41, 5.74) is -0.0564. The molecule has 0 radical (unpaired) electrons. The number of anilines is 2. The second-order valence-electron chi connectivity index (χ2n) is 6.93. The van der Waals surface area contributed by atoms with Crippen molar-refractivity contribution in [2.45, 2.75) is 56.6 Å². The van der Waals surface area contributed by atoms with E-state index in [9.17, 15) is 14.4 Å². The maximum absolute atomic E-state index is 13.3. The standard InChI is InChI=1S/C18H23N5O3S/c1-5-10-22-16(26)20-21-17(22)27-11(2)14(24)23-13-9-7-6-8-12(13)19-15(25)18(23,3)4/h6-9,11H,5,10H2,1-4H3,(H,19,25)(H,20,26)/t11-/m1/s1. The molecule has 0 spiro atoms. The Morgan fingerprint density at radius 1 is 1.30 bits per heavy atom. The van der Waals surface area contributed by atoms with Crippen molar-refractivity contribution < 1.29 is 9.59 Å². The second-order valence-corrected chi connectivity index (χ2v) is 8.23. The van der Waals surface area contributed by atoms with Crippen LogP contribution in [0.25, 0.3) is 0 Å². The van der Waals surface area contributed by atoms with Gasteiger partial charge in [-0.25, -0.2) is 9.89 Å². The van der Waals surface area contributed by atoms with Gasteiger partial charge in [-0.15, -0.1) is 5.10 Å². The lowest BCUT2D eigenvalue weighted by atomic mass is 9.96. The Kier molecular flexibility index (Phi) is 5.14. The van der Waals surface area contributed by atoms with E-state index in [4.69, 9.17) is 0 Å². The van der Waals surface area contributed by atoms with Crippen LogP contribution >= 0.6 is 11.8 Å². The number of thioether (sulfide) groups is 1. The molecule has 144 valence electrons. The Labute approximate surface area is 161 Å². The van der Waals surface area contributed by atoms with Crippen molar-refractivity contribution in [3.63, 3.8) is 0 Å². The maximum Gasteiger partial charge on any atom is 0.343 e. The zero-order chi connectivity index (χ0) is 19.8. The van der Waals surface area contributed by atoms with Crippen LogP contribution in [-0.2, 0) is 16.1 Å². The molecule has 0 aliphatic carbocycles. The van der Waals surface area contributed by atoms with E-state index in [1.807, 2.05) is 25.1 Å². The lowest BCUT2D eigenvalue weighted by Crippen LogP contribution is -2.60. The molecular weight excluding hydrogens is 366 g/mol. The van der Waals surface area contributed by atoms with Gasteiger partial charge in [0.25, 0.3) is 0 Å². The quantitative estimate of drug-likeness (QED) is 0.764. The summed E-state index contributed by atoms with van der Waals surface area (Å²) >= 11 is 1.21. The van der Waals surface area contributed by atoms with Crippen molar-refractivity contribution in [3.8, 4) is 0 Å². The van der Waals surface area contributed by atoms with Crippen LogP contribution < -0.4 is 15.9 Å². The summed E-state index contributed by atoms with van der Waals surface area (Å²) in [4.78, 5) is 39.3. The first-order chi connectivity index (χ1) is 12.8. The fourth-order valence-electron chi connectivity index (χ4n) is 3.05. The van der Waals surface area contributed by atoms with Crippen LogP contribution in [0.2, 0.25) is 0 Å². The molecule has 9 heteroatoms. The summed E-state index contributed by atoms with van der Waals surface area (Å²) in [7, 11) is 0. The summed E-state index contributed by atoms with van der Waals surface area (Å²) in [6, 6.07) is 7.23. The number of para-hydroxylation sites is 2. The zero-order valence-corrected chi connectivity index (χ0v) is 16.6. The van der Waals surface area contributed by atoms with Crippen LogP contribution in [0.5, 0.6) is 0 Å². The van der Waals surface area contributed by atoms with E-state index in [0.29, 0.717) is 23.1 Å². The molecule has 2 N–H and O–H groups in total. The predicted octanol–water partition coefficient (Wildman–Crippen LogP) is 2.23. The molecule has 2 heterocycles. The summed E-state index contributed by atoms with van der Waals surface area (Å²) in [6.07, 6.45) is 0.780. The van der Waals surface area contributed by atoms with Crippen LogP contribution in [0, 0.1) is 0 Å². The average molecular weight is 389 g/mol. The third-order valence-electron chi connectivity index (χ3n) is 4.53. The van der Waals surface area contributed by atoms with Crippen LogP contribution in [0.4, 0.5) is 11.4 Å². The maximum atomic E-state index is 13.3. The van der Waals surface area contributed by atoms with E-state index >= 15 is 0 Å². The Morgan fingerprint density at radius 2 is 2.00 bits per heavy atom. The van der Waals surface area contributed by atoms with Crippen molar-refractivity contribution in [3.05, 3.63) is 34.7 Å². The van der Waals surface area contributed by atoms with E-state index in [1.165, 1.54) is 21.2 Å². The van der Waals surface area contributed by atoms with Gasteiger partial charge in [0.2, 0.25) is 11.8 Å². The molecule has 0 fully saturated rings. The lowest BCUT2D eigenvalue weighted by molar-refractivity contribution is -0.126. The molecule has 1 aliphatic heterocycles. The summed E-state index contributed by atoms with van der Waals surface area (Å²) < 4.78 is 1.52.